The SMILES string of the molecule is CN1C(=O)C2=C(N[C@@H]1c1ccccc1)SC(N)=N[C@@H]2c1ccccc1. The summed E-state index contributed by atoms with van der Waals surface area (Å²) in [6, 6.07) is 19.3. The Hall–Kier alpha value is -2.73. The van der Waals surface area contributed by atoms with Crippen LogP contribution in [0.4, 0.5) is 0 Å². The van der Waals surface area contributed by atoms with E-state index in [0.717, 1.165) is 16.2 Å². The monoisotopic (exact) mass is 350 g/mol. The topological polar surface area (TPSA) is 70.7 Å². The van der Waals surface area contributed by atoms with Crippen LogP contribution in [0.15, 0.2) is 76.3 Å². The second-order valence-corrected chi connectivity index (χ2v) is 7.03. The molecule has 0 unspecified atom stereocenters. The van der Waals surface area contributed by atoms with Crippen LogP contribution in [0.2, 0.25) is 0 Å². The second-order valence-electron chi connectivity index (χ2n) is 6.00. The van der Waals surface area contributed by atoms with E-state index in [1.807, 2.05) is 67.7 Å². The molecule has 126 valence electrons. The number of nitrogens with zero attached hydrogens (tertiary/aromatic N) is 2. The van der Waals surface area contributed by atoms with Crippen molar-refractivity contribution >= 4 is 22.8 Å². The van der Waals surface area contributed by atoms with Crippen molar-refractivity contribution in [1.82, 2.24) is 10.2 Å². The molecule has 0 spiro atoms. The molecule has 0 bridgehead atoms. The van der Waals surface area contributed by atoms with Gasteiger partial charge in [0.05, 0.1) is 10.6 Å². The maximum absolute atomic E-state index is 13.1. The average Bonchev–Trinajstić information content (AvgIpc) is 2.65. The summed E-state index contributed by atoms with van der Waals surface area (Å²) in [5, 5.41) is 4.72. The van der Waals surface area contributed by atoms with Gasteiger partial charge in [0.1, 0.15) is 12.2 Å². The third-order valence-corrected chi connectivity index (χ3v) is 5.27. The molecule has 5 nitrogen and oxygen atoms in total. The summed E-state index contributed by atoms with van der Waals surface area (Å²) in [6.45, 7) is 0. The minimum atomic E-state index is -0.378. The zero-order valence-corrected chi connectivity index (χ0v) is 14.5. The zero-order chi connectivity index (χ0) is 17.4. The van der Waals surface area contributed by atoms with Crippen molar-refractivity contribution in [2.45, 2.75) is 12.2 Å². The maximum atomic E-state index is 13.1. The molecule has 6 heteroatoms. The van der Waals surface area contributed by atoms with Gasteiger partial charge < -0.3 is 16.0 Å². The van der Waals surface area contributed by atoms with Gasteiger partial charge in [0.25, 0.3) is 5.91 Å². The number of likely N-dealkylation sites (N-methyl/N-ethyl adjacent to an activating group) is 1. The van der Waals surface area contributed by atoms with E-state index >= 15 is 0 Å². The number of nitrogens with two attached hydrogens (primary N) is 1. The highest BCUT2D eigenvalue weighted by Crippen LogP contribution is 2.41. The number of rotatable bonds is 2. The van der Waals surface area contributed by atoms with Crippen LogP contribution in [-0.4, -0.2) is 23.0 Å². The number of carbonyl (C=O) groups excluding carboxylic acids is 1. The molecule has 0 radical (unpaired) electrons. The number of amidine groups is 1. The lowest BCUT2D eigenvalue weighted by molar-refractivity contribution is -0.129. The Morgan fingerprint density at radius 3 is 2.28 bits per heavy atom. The first-order chi connectivity index (χ1) is 12.1. The highest BCUT2D eigenvalue weighted by molar-refractivity contribution is 8.17. The summed E-state index contributed by atoms with van der Waals surface area (Å²) in [7, 11) is 1.81. The van der Waals surface area contributed by atoms with Gasteiger partial charge in [0.2, 0.25) is 0 Å². The van der Waals surface area contributed by atoms with Crippen LogP contribution >= 0.6 is 11.8 Å². The Bertz CT molecular complexity index is 864. The smallest absolute Gasteiger partial charge is 0.256 e. The fourth-order valence-corrected chi connectivity index (χ4v) is 4.02. The van der Waals surface area contributed by atoms with Gasteiger partial charge in [-0.05, 0) is 22.9 Å². The molecule has 1 amide bonds. The first-order valence-corrected chi connectivity index (χ1v) is 8.85. The predicted octanol–water partition coefficient (Wildman–Crippen LogP) is 2.76. The van der Waals surface area contributed by atoms with Crippen LogP contribution < -0.4 is 11.1 Å². The molecular formula is C19H18N4OS. The summed E-state index contributed by atoms with van der Waals surface area (Å²) in [6.07, 6.45) is -0.220. The van der Waals surface area contributed by atoms with Crippen LogP contribution in [0.25, 0.3) is 0 Å². The summed E-state index contributed by atoms with van der Waals surface area (Å²) in [5.74, 6) is -0.0276. The van der Waals surface area contributed by atoms with Gasteiger partial charge in [-0.1, -0.05) is 60.7 Å². The second kappa shape index (κ2) is 6.29. The molecule has 2 aliphatic rings. The van der Waals surface area contributed by atoms with Crippen molar-refractivity contribution in [3.05, 3.63) is 82.4 Å². The molecule has 0 saturated heterocycles. The number of hydrogen-bond acceptors (Lipinski definition) is 5. The number of thioether (sulfide) groups is 1. The number of hydrogen-bond donors (Lipinski definition) is 2. The Morgan fingerprint density at radius 2 is 1.64 bits per heavy atom. The molecule has 2 aromatic rings. The number of aliphatic imine (C=N–C) groups is 1. The number of carbonyl (C=O) groups is 1. The molecule has 3 N–H and O–H groups in total. The molecule has 25 heavy (non-hydrogen) atoms. The van der Waals surface area contributed by atoms with Crippen molar-refractivity contribution in [2.24, 2.45) is 10.7 Å². The van der Waals surface area contributed by atoms with Crippen molar-refractivity contribution < 1.29 is 4.79 Å². The van der Waals surface area contributed by atoms with Crippen LogP contribution in [0.5, 0.6) is 0 Å². The molecule has 2 aliphatic heterocycles. The minimum absolute atomic E-state index is 0.0276. The van der Waals surface area contributed by atoms with Crippen molar-refractivity contribution in [2.75, 3.05) is 7.05 Å². The van der Waals surface area contributed by atoms with E-state index in [-0.39, 0.29) is 18.1 Å². The van der Waals surface area contributed by atoms with E-state index in [4.69, 9.17) is 5.73 Å². The normalized spacial score (nSPS) is 23.0. The molecule has 0 aromatic heterocycles. The summed E-state index contributed by atoms with van der Waals surface area (Å²) >= 11 is 1.32. The van der Waals surface area contributed by atoms with Gasteiger partial charge in [-0.3, -0.25) is 4.79 Å². The van der Waals surface area contributed by atoms with Crippen LogP contribution in [0.3, 0.4) is 0 Å². The quantitative estimate of drug-likeness (QED) is 0.874. The highest BCUT2D eigenvalue weighted by Gasteiger charge is 2.39. The molecule has 2 heterocycles. The molecule has 4 rings (SSSR count). The molecule has 0 fully saturated rings. The van der Waals surface area contributed by atoms with Gasteiger partial charge >= 0.3 is 0 Å². The Morgan fingerprint density at radius 1 is 1.04 bits per heavy atom. The number of amides is 1. The zero-order valence-electron chi connectivity index (χ0n) is 13.7. The standard InChI is InChI=1S/C19H18N4OS/c1-23-16(13-10-6-3-7-11-13)22-17-14(18(23)24)15(21-19(20)25-17)12-8-4-2-5-9-12/h2-11,15-16,22H,1H3,(H2,20,21)/t15-,16+/m1/s1. The van der Waals surface area contributed by atoms with Crippen LogP contribution in [-0.2, 0) is 4.79 Å². The minimum Gasteiger partial charge on any atom is -0.378 e. The Balaban J connectivity index is 1.77. The molecular weight excluding hydrogens is 332 g/mol. The first kappa shape index (κ1) is 15.8. The van der Waals surface area contributed by atoms with Crippen molar-refractivity contribution in [3.63, 3.8) is 0 Å². The lowest BCUT2D eigenvalue weighted by atomic mass is 9.96. The Kier molecular flexibility index (Phi) is 3.97. The van der Waals surface area contributed by atoms with E-state index in [1.54, 1.807) is 4.90 Å². The van der Waals surface area contributed by atoms with Gasteiger partial charge in [0, 0.05) is 7.05 Å². The number of benzene rings is 2. The van der Waals surface area contributed by atoms with Gasteiger partial charge in [-0.2, -0.15) is 0 Å². The third kappa shape index (κ3) is 2.78. The fraction of sp³-hybridized carbons (Fsp3) is 0.158. The van der Waals surface area contributed by atoms with E-state index in [1.165, 1.54) is 11.8 Å². The fourth-order valence-electron chi connectivity index (χ4n) is 3.17. The van der Waals surface area contributed by atoms with E-state index < -0.39 is 0 Å². The maximum Gasteiger partial charge on any atom is 0.256 e. The first-order valence-electron chi connectivity index (χ1n) is 8.04. The van der Waals surface area contributed by atoms with Crippen LogP contribution in [0.1, 0.15) is 23.3 Å². The largest absolute Gasteiger partial charge is 0.378 e. The Labute approximate surface area is 150 Å². The van der Waals surface area contributed by atoms with Crippen molar-refractivity contribution in [3.8, 4) is 0 Å². The van der Waals surface area contributed by atoms with Gasteiger partial charge in [0.15, 0.2) is 5.17 Å². The van der Waals surface area contributed by atoms with Gasteiger partial charge in [-0.25, -0.2) is 4.99 Å². The van der Waals surface area contributed by atoms with E-state index in [2.05, 4.69) is 10.3 Å². The lowest BCUT2D eigenvalue weighted by Gasteiger charge is -2.39. The van der Waals surface area contributed by atoms with Crippen molar-refractivity contribution in [1.29, 1.82) is 0 Å². The van der Waals surface area contributed by atoms with Gasteiger partial charge in [-0.15, -0.1) is 0 Å². The average molecular weight is 350 g/mol. The highest BCUT2D eigenvalue weighted by atomic mass is 32.2. The number of nitrogens with one attached hydrogen (secondary N) is 1. The lowest BCUT2D eigenvalue weighted by Crippen LogP contribution is -2.47. The van der Waals surface area contributed by atoms with Crippen LogP contribution in [0, 0.1) is 0 Å². The summed E-state index contributed by atoms with van der Waals surface area (Å²) in [5.41, 5.74) is 8.69. The third-order valence-electron chi connectivity index (χ3n) is 4.42. The summed E-state index contributed by atoms with van der Waals surface area (Å²) < 4.78 is 0. The molecule has 2 atom stereocenters. The molecule has 2 aromatic carbocycles. The molecule has 0 saturated carbocycles. The molecule has 0 aliphatic carbocycles. The van der Waals surface area contributed by atoms with E-state index in [0.29, 0.717) is 10.7 Å². The predicted molar refractivity (Wildman–Crippen MR) is 101 cm³/mol. The van der Waals surface area contributed by atoms with E-state index in [9.17, 15) is 4.79 Å². The summed E-state index contributed by atoms with van der Waals surface area (Å²) in [4.78, 5) is 19.4.